The molecule has 0 amide bonds. The van der Waals surface area contributed by atoms with Crippen LogP contribution in [0.2, 0.25) is 0 Å². The average Bonchev–Trinajstić information content (AvgIpc) is 3.21. The molecule has 0 bridgehead atoms. The van der Waals surface area contributed by atoms with E-state index in [0.717, 1.165) is 36.8 Å². The summed E-state index contributed by atoms with van der Waals surface area (Å²) in [6, 6.07) is 11.3. The van der Waals surface area contributed by atoms with Crippen LogP contribution in [0.1, 0.15) is 24.8 Å². The summed E-state index contributed by atoms with van der Waals surface area (Å²) in [7, 11) is 0. The van der Waals surface area contributed by atoms with Crippen molar-refractivity contribution in [2.24, 2.45) is 17.6 Å². The zero-order chi connectivity index (χ0) is 13.9. The molecule has 1 aromatic rings. The van der Waals surface area contributed by atoms with E-state index in [4.69, 9.17) is 5.73 Å². The normalized spacial score (nSPS) is 31.2. The first-order valence-corrected chi connectivity index (χ1v) is 7.64. The molecule has 1 saturated carbocycles. The molecule has 4 atom stereocenters. The molecule has 4 unspecified atom stereocenters. The first-order chi connectivity index (χ1) is 9.72. The van der Waals surface area contributed by atoms with Gasteiger partial charge in [0, 0.05) is 17.8 Å². The van der Waals surface area contributed by atoms with Gasteiger partial charge in [0.2, 0.25) is 0 Å². The predicted molar refractivity (Wildman–Crippen MR) is 84.2 cm³/mol. The van der Waals surface area contributed by atoms with Crippen LogP contribution in [0.3, 0.4) is 0 Å². The fourth-order valence-electron chi connectivity index (χ4n) is 3.22. The number of aryl methyl sites for hydroxylation is 1. The minimum absolute atomic E-state index is 0.245. The standard InChI is InChI=1S/C18H24N2/c1-13(7-8-14-5-3-2-4-6-14)20-18-10-9-16(19)11-15-12-17(15)18/h2-6,9-10,15-18,20H,1,7-8,11-12,19H2. The third-order valence-electron chi connectivity index (χ3n) is 4.51. The summed E-state index contributed by atoms with van der Waals surface area (Å²) >= 11 is 0. The van der Waals surface area contributed by atoms with Gasteiger partial charge in [0.25, 0.3) is 0 Å². The van der Waals surface area contributed by atoms with Crippen LogP contribution in [0, 0.1) is 11.8 Å². The largest absolute Gasteiger partial charge is 0.382 e. The van der Waals surface area contributed by atoms with Crippen LogP contribution in [-0.4, -0.2) is 12.1 Å². The Kier molecular flexibility index (Phi) is 3.93. The highest BCUT2D eigenvalue weighted by molar-refractivity contribution is 5.18. The third-order valence-corrected chi connectivity index (χ3v) is 4.51. The zero-order valence-corrected chi connectivity index (χ0v) is 12.0. The molecule has 1 aromatic carbocycles. The van der Waals surface area contributed by atoms with Crippen molar-refractivity contribution >= 4 is 0 Å². The Morgan fingerprint density at radius 1 is 1.20 bits per heavy atom. The van der Waals surface area contributed by atoms with Crippen molar-refractivity contribution in [2.45, 2.75) is 37.8 Å². The second-order valence-corrected chi connectivity index (χ2v) is 6.20. The number of nitrogens with one attached hydrogen (secondary N) is 1. The molecule has 2 aliphatic carbocycles. The van der Waals surface area contributed by atoms with Crippen LogP contribution >= 0.6 is 0 Å². The summed E-state index contributed by atoms with van der Waals surface area (Å²) in [5.41, 5.74) is 8.56. The van der Waals surface area contributed by atoms with E-state index in [1.807, 2.05) is 0 Å². The summed E-state index contributed by atoms with van der Waals surface area (Å²) in [4.78, 5) is 0. The van der Waals surface area contributed by atoms with E-state index < -0.39 is 0 Å². The highest BCUT2D eigenvalue weighted by Crippen LogP contribution is 2.46. The Labute approximate surface area is 121 Å². The van der Waals surface area contributed by atoms with Crippen LogP contribution in [0.5, 0.6) is 0 Å². The summed E-state index contributed by atoms with van der Waals surface area (Å²) < 4.78 is 0. The van der Waals surface area contributed by atoms with Crippen molar-refractivity contribution in [2.75, 3.05) is 0 Å². The SMILES string of the molecule is C=C(CCc1ccccc1)NC1C=CC(N)CC2CC21. The molecule has 1 fully saturated rings. The maximum Gasteiger partial charge on any atom is 0.0472 e. The number of allylic oxidation sites excluding steroid dienone is 1. The van der Waals surface area contributed by atoms with E-state index >= 15 is 0 Å². The molecule has 3 N–H and O–H groups in total. The molecular weight excluding hydrogens is 244 g/mol. The molecular formula is C18H24N2. The smallest absolute Gasteiger partial charge is 0.0472 e. The van der Waals surface area contributed by atoms with Gasteiger partial charge in [-0.15, -0.1) is 0 Å². The Balaban J connectivity index is 1.50. The van der Waals surface area contributed by atoms with Crippen molar-refractivity contribution < 1.29 is 0 Å². The van der Waals surface area contributed by atoms with Gasteiger partial charge in [-0.25, -0.2) is 0 Å². The lowest BCUT2D eigenvalue weighted by atomic mass is 10.1. The number of hydrogen-bond donors (Lipinski definition) is 2. The van der Waals surface area contributed by atoms with E-state index in [1.165, 1.54) is 12.0 Å². The molecule has 0 radical (unpaired) electrons. The summed E-state index contributed by atoms with van der Waals surface area (Å²) in [5, 5.41) is 3.60. The molecule has 0 aromatic heterocycles. The Bertz CT molecular complexity index is 491. The summed E-state index contributed by atoms with van der Waals surface area (Å²) in [5.74, 6) is 1.59. The molecule has 0 heterocycles. The van der Waals surface area contributed by atoms with E-state index in [1.54, 1.807) is 0 Å². The van der Waals surface area contributed by atoms with Gasteiger partial charge in [-0.05, 0) is 43.1 Å². The Hall–Kier alpha value is -1.54. The number of benzene rings is 1. The van der Waals surface area contributed by atoms with Crippen molar-refractivity contribution in [3.8, 4) is 0 Å². The van der Waals surface area contributed by atoms with E-state index in [0.29, 0.717) is 6.04 Å². The minimum Gasteiger partial charge on any atom is -0.382 e. The van der Waals surface area contributed by atoms with Crippen LogP contribution in [-0.2, 0) is 6.42 Å². The molecule has 0 saturated heterocycles. The molecule has 0 spiro atoms. The maximum atomic E-state index is 6.04. The van der Waals surface area contributed by atoms with E-state index in [-0.39, 0.29) is 6.04 Å². The van der Waals surface area contributed by atoms with Crippen LogP contribution < -0.4 is 11.1 Å². The van der Waals surface area contributed by atoms with Gasteiger partial charge < -0.3 is 11.1 Å². The topological polar surface area (TPSA) is 38.0 Å². The summed E-state index contributed by atoms with van der Waals surface area (Å²) in [6.07, 6.45) is 8.94. The Morgan fingerprint density at radius 2 is 2.00 bits per heavy atom. The zero-order valence-electron chi connectivity index (χ0n) is 12.0. The van der Waals surface area contributed by atoms with Gasteiger partial charge in [-0.2, -0.15) is 0 Å². The molecule has 3 rings (SSSR count). The predicted octanol–water partition coefficient (Wildman–Crippen LogP) is 3.01. The van der Waals surface area contributed by atoms with Crippen LogP contribution in [0.4, 0.5) is 0 Å². The second-order valence-electron chi connectivity index (χ2n) is 6.20. The lowest BCUT2D eigenvalue weighted by molar-refractivity contribution is 0.536. The van der Waals surface area contributed by atoms with Gasteiger partial charge in [0.1, 0.15) is 0 Å². The van der Waals surface area contributed by atoms with Crippen molar-refractivity contribution in [3.63, 3.8) is 0 Å². The van der Waals surface area contributed by atoms with Crippen molar-refractivity contribution in [3.05, 3.63) is 60.3 Å². The summed E-state index contributed by atoms with van der Waals surface area (Å²) in [6.45, 7) is 4.19. The van der Waals surface area contributed by atoms with Gasteiger partial charge in [-0.1, -0.05) is 49.1 Å². The number of rotatable bonds is 5. The second kappa shape index (κ2) is 5.84. The molecule has 0 aliphatic heterocycles. The lowest BCUT2D eigenvalue weighted by Crippen LogP contribution is -2.28. The highest BCUT2D eigenvalue weighted by atomic mass is 14.9. The molecule has 106 valence electrons. The first-order valence-electron chi connectivity index (χ1n) is 7.64. The van der Waals surface area contributed by atoms with Gasteiger partial charge in [-0.3, -0.25) is 0 Å². The molecule has 2 nitrogen and oxygen atoms in total. The molecule has 2 aliphatic rings. The van der Waals surface area contributed by atoms with Crippen molar-refractivity contribution in [1.29, 1.82) is 0 Å². The minimum atomic E-state index is 0.245. The Morgan fingerprint density at radius 3 is 2.80 bits per heavy atom. The van der Waals surface area contributed by atoms with Crippen molar-refractivity contribution in [1.82, 2.24) is 5.32 Å². The number of hydrogen-bond acceptors (Lipinski definition) is 2. The fourth-order valence-corrected chi connectivity index (χ4v) is 3.22. The maximum absolute atomic E-state index is 6.04. The highest BCUT2D eigenvalue weighted by Gasteiger charge is 2.43. The molecule has 20 heavy (non-hydrogen) atoms. The average molecular weight is 268 g/mol. The fraction of sp³-hybridized carbons (Fsp3) is 0.444. The van der Waals surface area contributed by atoms with Crippen LogP contribution in [0.15, 0.2) is 54.8 Å². The molecule has 2 heteroatoms. The van der Waals surface area contributed by atoms with E-state index in [9.17, 15) is 0 Å². The van der Waals surface area contributed by atoms with E-state index in [2.05, 4.69) is 54.4 Å². The lowest BCUT2D eigenvalue weighted by Gasteiger charge is -2.18. The van der Waals surface area contributed by atoms with Gasteiger partial charge >= 0.3 is 0 Å². The monoisotopic (exact) mass is 268 g/mol. The first kappa shape index (κ1) is 13.4. The van der Waals surface area contributed by atoms with Gasteiger partial charge in [0.05, 0.1) is 0 Å². The third kappa shape index (κ3) is 3.31. The quantitative estimate of drug-likeness (QED) is 0.806. The van der Waals surface area contributed by atoms with Gasteiger partial charge in [0.15, 0.2) is 0 Å². The number of fused-ring (bicyclic) bond motifs is 1. The van der Waals surface area contributed by atoms with Crippen LogP contribution in [0.25, 0.3) is 0 Å². The number of nitrogens with two attached hydrogens (primary N) is 1.